The summed E-state index contributed by atoms with van der Waals surface area (Å²) in [7, 11) is -2.41. The molecule has 0 bridgehead atoms. The van der Waals surface area contributed by atoms with Crippen molar-refractivity contribution in [3.8, 4) is 17.2 Å². The van der Waals surface area contributed by atoms with Gasteiger partial charge in [-0.05, 0) is 60.0 Å². The number of amides is 1. The van der Waals surface area contributed by atoms with E-state index >= 15 is 0 Å². The van der Waals surface area contributed by atoms with Gasteiger partial charge in [0.05, 0.1) is 25.2 Å². The van der Waals surface area contributed by atoms with Crippen molar-refractivity contribution >= 4 is 15.9 Å². The van der Waals surface area contributed by atoms with Crippen LogP contribution in [0.3, 0.4) is 0 Å². The van der Waals surface area contributed by atoms with Gasteiger partial charge in [-0.15, -0.1) is 0 Å². The number of carbonyl (C=O) groups is 1. The van der Waals surface area contributed by atoms with E-state index in [0.717, 1.165) is 15.4 Å². The van der Waals surface area contributed by atoms with Gasteiger partial charge in [0.2, 0.25) is 23.1 Å². The van der Waals surface area contributed by atoms with Crippen molar-refractivity contribution < 1.29 is 42.0 Å². The van der Waals surface area contributed by atoms with Gasteiger partial charge in [0.15, 0.2) is 17.3 Å². The average molecular weight is 625 g/mol. The minimum Gasteiger partial charge on any atom is -0.497 e. The number of sulfonamides is 1. The first-order valence-corrected chi connectivity index (χ1v) is 15.8. The van der Waals surface area contributed by atoms with Crippen LogP contribution < -0.4 is 19.5 Å². The number of carbonyl (C=O) groups excluding carboxylic acids is 1. The second-order valence-corrected chi connectivity index (χ2v) is 12.1. The summed E-state index contributed by atoms with van der Waals surface area (Å²) >= 11 is 0. The van der Waals surface area contributed by atoms with E-state index in [1.807, 2.05) is 48.5 Å². The molecule has 44 heavy (non-hydrogen) atoms. The number of nitrogens with one attached hydrogen (secondary N) is 1. The molecule has 0 saturated heterocycles. The Morgan fingerprint density at radius 3 is 2.55 bits per heavy atom. The third-order valence-electron chi connectivity index (χ3n) is 7.34. The topological polar surface area (TPSA) is 133 Å². The Balaban J connectivity index is 1.26. The maximum Gasteiger partial charge on any atom is 0.286 e. The Hall–Kier alpha value is -4.10. The predicted molar refractivity (Wildman–Crippen MR) is 161 cm³/mol. The summed E-state index contributed by atoms with van der Waals surface area (Å²) < 4.78 is 55.8. The minimum absolute atomic E-state index is 0.0309. The summed E-state index contributed by atoms with van der Waals surface area (Å²) in [6.07, 6.45) is 1.98. The summed E-state index contributed by atoms with van der Waals surface area (Å²) in [6.45, 7) is 0.0221. The van der Waals surface area contributed by atoms with Crippen LogP contribution in [0.15, 0.2) is 89.5 Å². The van der Waals surface area contributed by atoms with Crippen LogP contribution in [0.1, 0.15) is 23.5 Å². The third kappa shape index (κ3) is 7.69. The summed E-state index contributed by atoms with van der Waals surface area (Å²) in [5.74, 6) is 1.31. The van der Waals surface area contributed by atoms with E-state index in [9.17, 15) is 18.3 Å². The molecule has 0 saturated carbocycles. The second kappa shape index (κ2) is 14.6. The van der Waals surface area contributed by atoms with Crippen LogP contribution in [-0.4, -0.2) is 76.8 Å². The normalized spacial score (nSPS) is 17.6. The molecule has 0 radical (unpaired) electrons. The fraction of sp³-hybridized carbons (Fsp3) is 0.344. The van der Waals surface area contributed by atoms with Crippen LogP contribution in [-0.2, 0) is 30.7 Å². The Bertz CT molecular complexity index is 1550. The molecule has 2 heterocycles. The number of ether oxygens (including phenoxy) is 5. The van der Waals surface area contributed by atoms with Crippen LogP contribution in [0.5, 0.6) is 17.2 Å². The Morgan fingerprint density at radius 2 is 1.80 bits per heavy atom. The molecule has 5 rings (SSSR count). The smallest absolute Gasteiger partial charge is 0.286 e. The number of hydrogen-bond donors (Lipinski definition) is 2. The maximum atomic E-state index is 13.3. The third-order valence-corrected chi connectivity index (χ3v) is 9.25. The molecule has 0 unspecified atom stereocenters. The molecule has 2 aliphatic rings. The molecule has 1 amide bonds. The molecule has 0 aromatic heterocycles. The number of methoxy groups -OCH3 is 1. The molecule has 2 atom stereocenters. The minimum atomic E-state index is -3.91. The first-order valence-electron chi connectivity index (χ1n) is 14.3. The largest absolute Gasteiger partial charge is 0.497 e. The zero-order valence-electron chi connectivity index (χ0n) is 24.4. The van der Waals surface area contributed by atoms with E-state index in [1.54, 1.807) is 18.2 Å². The maximum absolute atomic E-state index is 13.3. The number of rotatable bonds is 14. The Kier molecular flexibility index (Phi) is 10.4. The Morgan fingerprint density at radius 1 is 1.02 bits per heavy atom. The van der Waals surface area contributed by atoms with Crippen molar-refractivity contribution in [1.82, 2.24) is 9.62 Å². The molecule has 11 nitrogen and oxygen atoms in total. The van der Waals surface area contributed by atoms with E-state index in [4.69, 9.17) is 23.7 Å². The molecule has 0 fully saturated rings. The highest BCUT2D eigenvalue weighted by Crippen LogP contribution is 2.38. The SMILES string of the molecule is COc1ccc(S(=O)(=O)N(CCO)CCO[C@@H]2C[C@H](c3ccc4c(c3)OCO4)C=C(C(=O)NCCc3ccccc3)O2)cc1. The highest BCUT2D eigenvalue weighted by Gasteiger charge is 2.31. The molecular weight excluding hydrogens is 588 g/mol. The predicted octanol–water partition coefficient (Wildman–Crippen LogP) is 3.20. The average Bonchev–Trinajstić information content (AvgIpc) is 3.53. The number of nitrogens with zero attached hydrogens (tertiary/aromatic N) is 1. The van der Waals surface area contributed by atoms with E-state index < -0.39 is 16.3 Å². The fourth-order valence-corrected chi connectivity index (χ4v) is 6.41. The lowest BCUT2D eigenvalue weighted by atomic mass is 9.92. The van der Waals surface area contributed by atoms with Crippen molar-refractivity contribution in [3.63, 3.8) is 0 Å². The van der Waals surface area contributed by atoms with Crippen molar-refractivity contribution in [1.29, 1.82) is 0 Å². The zero-order valence-corrected chi connectivity index (χ0v) is 25.2. The first-order chi connectivity index (χ1) is 21.4. The molecule has 234 valence electrons. The highest BCUT2D eigenvalue weighted by atomic mass is 32.2. The second-order valence-electron chi connectivity index (χ2n) is 10.2. The molecule has 2 N–H and O–H groups in total. The van der Waals surface area contributed by atoms with Crippen LogP contribution in [0.2, 0.25) is 0 Å². The number of aliphatic hydroxyl groups is 1. The van der Waals surface area contributed by atoms with Crippen molar-refractivity contribution in [2.24, 2.45) is 0 Å². The monoisotopic (exact) mass is 624 g/mol. The van der Waals surface area contributed by atoms with Gasteiger partial charge >= 0.3 is 0 Å². The van der Waals surface area contributed by atoms with E-state index in [1.165, 1.54) is 19.2 Å². The standard InChI is InChI=1S/C32H36N2O9S/c1-39-26-8-10-27(11-9-26)44(37,38)34(15-17-35)16-18-40-31-21-25(24-7-12-28-29(19-24)42-22-41-28)20-30(43-31)32(36)33-14-13-23-5-3-2-4-6-23/h2-12,19-20,25,31,35H,13-18,21-22H2,1H3,(H,33,36)/t25-,31+/m1/s1. The lowest BCUT2D eigenvalue weighted by molar-refractivity contribution is -0.146. The van der Waals surface area contributed by atoms with Crippen molar-refractivity contribution in [3.05, 3.63) is 95.8 Å². The number of aliphatic hydroxyl groups excluding tert-OH is 1. The summed E-state index contributed by atoms with van der Waals surface area (Å²) in [5, 5.41) is 12.5. The quantitative estimate of drug-likeness (QED) is 0.278. The van der Waals surface area contributed by atoms with Gasteiger partial charge in [-0.3, -0.25) is 4.79 Å². The molecule has 0 spiro atoms. The first kappa shape index (κ1) is 31.3. The number of allylic oxidation sites excluding steroid dienone is 1. The van der Waals surface area contributed by atoms with Crippen LogP contribution in [0.25, 0.3) is 0 Å². The van der Waals surface area contributed by atoms with Gasteiger partial charge in [-0.25, -0.2) is 8.42 Å². The number of benzene rings is 3. The van der Waals surface area contributed by atoms with Gasteiger partial charge in [-0.2, -0.15) is 4.31 Å². The molecule has 3 aromatic rings. The van der Waals surface area contributed by atoms with Gasteiger partial charge in [0.25, 0.3) is 5.91 Å². The van der Waals surface area contributed by atoms with E-state index in [2.05, 4.69) is 5.32 Å². The summed E-state index contributed by atoms with van der Waals surface area (Å²) in [5.41, 5.74) is 1.99. The Labute approximate surface area is 257 Å². The van der Waals surface area contributed by atoms with Crippen LogP contribution in [0, 0.1) is 0 Å². The fourth-order valence-electron chi connectivity index (χ4n) is 4.99. The lowest BCUT2D eigenvalue weighted by Crippen LogP contribution is -2.38. The van der Waals surface area contributed by atoms with Gasteiger partial charge in [-0.1, -0.05) is 36.4 Å². The zero-order chi connectivity index (χ0) is 30.9. The highest BCUT2D eigenvalue weighted by molar-refractivity contribution is 7.89. The summed E-state index contributed by atoms with van der Waals surface area (Å²) in [6, 6.07) is 21.5. The van der Waals surface area contributed by atoms with E-state index in [0.29, 0.717) is 36.6 Å². The summed E-state index contributed by atoms with van der Waals surface area (Å²) in [4.78, 5) is 13.2. The van der Waals surface area contributed by atoms with Crippen molar-refractivity contribution in [2.75, 3.05) is 46.8 Å². The van der Waals surface area contributed by atoms with Crippen LogP contribution in [0.4, 0.5) is 0 Å². The van der Waals surface area contributed by atoms with Crippen molar-refractivity contribution in [2.45, 2.75) is 29.9 Å². The van der Waals surface area contributed by atoms with E-state index in [-0.39, 0.29) is 55.6 Å². The van der Waals surface area contributed by atoms with Gasteiger partial charge in [0, 0.05) is 32.0 Å². The number of fused-ring (bicyclic) bond motifs is 1. The molecule has 0 aliphatic carbocycles. The molecule has 12 heteroatoms. The van der Waals surface area contributed by atoms with Crippen LogP contribution >= 0.6 is 0 Å². The van der Waals surface area contributed by atoms with Gasteiger partial charge < -0.3 is 34.1 Å². The molecule has 3 aromatic carbocycles. The van der Waals surface area contributed by atoms with Gasteiger partial charge in [0.1, 0.15) is 5.75 Å². The number of hydrogen-bond acceptors (Lipinski definition) is 9. The lowest BCUT2D eigenvalue weighted by Gasteiger charge is -2.30. The molecule has 2 aliphatic heterocycles. The molecular formula is C32H36N2O9S.